The van der Waals surface area contributed by atoms with Crippen molar-refractivity contribution in [3.05, 3.63) is 30.1 Å². The zero-order valence-electron chi connectivity index (χ0n) is 10.8. The number of carbonyl (C=O) groups excluding carboxylic acids is 2. The van der Waals surface area contributed by atoms with Crippen LogP contribution in [0.4, 0.5) is 0 Å². The first kappa shape index (κ1) is 13.1. The number of hydrogen-bond donors (Lipinski definition) is 2. The molecule has 1 unspecified atom stereocenters. The fourth-order valence-electron chi connectivity index (χ4n) is 1.68. The molecular weight excluding hydrogens is 246 g/mol. The highest BCUT2D eigenvalue weighted by Gasteiger charge is 2.17. The topological polar surface area (TPSA) is 84.1 Å². The number of aromatic amines is 1. The van der Waals surface area contributed by atoms with Crippen LogP contribution in [-0.4, -0.2) is 34.5 Å². The van der Waals surface area contributed by atoms with Gasteiger partial charge >= 0.3 is 5.97 Å². The molecule has 0 aliphatic heterocycles. The number of esters is 1. The molecule has 0 aliphatic carbocycles. The molecule has 6 heteroatoms. The van der Waals surface area contributed by atoms with Crippen molar-refractivity contribution in [1.82, 2.24) is 15.3 Å². The quantitative estimate of drug-likeness (QED) is 0.811. The molecule has 1 atom stereocenters. The maximum atomic E-state index is 12.0. The minimum absolute atomic E-state index is 0.291. The number of hydrogen-bond acceptors (Lipinski definition) is 4. The highest BCUT2D eigenvalue weighted by Crippen LogP contribution is 2.11. The molecular formula is C13H15N3O3. The van der Waals surface area contributed by atoms with Crippen molar-refractivity contribution in [1.29, 1.82) is 0 Å². The van der Waals surface area contributed by atoms with Gasteiger partial charge in [0.25, 0.3) is 5.91 Å². The van der Waals surface area contributed by atoms with Crippen LogP contribution in [0.15, 0.2) is 24.5 Å². The Morgan fingerprint density at radius 3 is 3.00 bits per heavy atom. The number of aromatic nitrogens is 2. The van der Waals surface area contributed by atoms with Gasteiger partial charge < -0.3 is 15.0 Å². The van der Waals surface area contributed by atoms with Gasteiger partial charge in [-0.2, -0.15) is 0 Å². The van der Waals surface area contributed by atoms with E-state index < -0.39 is 12.0 Å². The van der Waals surface area contributed by atoms with Crippen molar-refractivity contribution in [2.45, 2.75) is 19.9 Å². The first-order valence-electron chi connectivity index (χ1n) is 6.02. The molecule has 6 nitrogen and oxygen atoms in total. The Morgan fingerprint density at radius 2 is 2.26 bits per heavy atom. The number of ether oxygens (including phenoxy) is 1. The molecule has 1 aromatic carbocycles. The normalized spacial score (nSPS) is 12.1. The van der Waals surface area contributed by atoms with Crippen LogP contribution in [0, 0.1) is 0 Å². The van der Waals surface area contributed by atoms with Gasteiger partial charge in [-0.15, -0.1) is 0 Å². The summed E-state index contributed by atoms with van der Waals surface area (Å²) in [5.41, 5.74) is 2.03. The maximum Gasteiger partial charge on any atom is 0.328 e. The Labute approximate surface area is 110 Å². The molecule has 0 radical (unpaired) electrons. The van der Waals surface area contributed by atoms with Crippen molar-refractivity contribution >= 4 is 22.9 Å². The molecule has 1 heterocycles. The van der Waals surface area contributed by atoms with Gasteiger partial charge in [0.05, 0.1) is 24.0 Å². The van der Waals surface area contributed by atoms with E-state index in [2.05, 4.69) is 15.3 Å². The van der Waals surface area contributed by atoms with Gasteiger partial charge in [0.15, 0.2) is 0 Å². The van der Waals surface area contributed by atoms with Crippen LogP contribution in [0.3, 0.4) is 0 Å². The molecule has 0 bridgehead atoms. The lowest BCUT2D eigenvalue weighted by molar-refractivity contribution is -0.144. The number of nitrogens with zero attached hydrogens (tertiary/aromatic N) is 1. The number of amides is 1. The van der Waals surface area contributed by atoms with Crippen molar-refractivity contribution in [2.75, 3.05) is 6.61 Å². The molecule has 100 valence electrons. The minimum atomic E-state index is -0.676. The van der Waals surface area contributed by atoms with Crippen LogP contribution in [0.2, 0.25) is 0 Å². The smallest absolute Gasteiger partial charge is 0.328 e. The maximum absolute atomic E-state index is 12.0. The van der Waals surface area contributed by atoms with Crippen LogP contribution in [0.1, 0.15) is 24.2 Å². The van der Waals surface area contributed by atoms with Crippen molar-refractivity contribution in [2.24, 2.45) is 0 Å². The highest BCUT2D eigenvalue weighted by molar-refractivity contribution is 5.99. The number of benzene rings is 1. The van der Waals surface area contributed by atoms with Crippen molar-refractivity contribution in [3.8, 4) is 0 Å². The molecule has 0 fully saturated rings. The summed E-state index contributed by atoms with van der Waals surface area (Å²) in [6, 6.07) is 4.42. The molecule has 1 amide bonds. The zero-order valence-corrected chi connectivity index (χ0v) is 10.8. The summed E-state index contributed by atoms with van der Waals surface area (Å²) in [6.07, 6.45) is 1.56. The third-order valence-corrected chi connectivity index (χ3v) is 2.67. The lowest BCUT2D eigenvalue weighted by atomic mass is 10.2. The van der Waals surface area contributed by atoms with Gasteiger partial charge in [0, 0.05) is 5.56 Å². The van der Waals surface area contributed by atoms with E-state index in [1.54, 1.807) is 38.4 Å². The Kier molecular flexibility index (Phi) is 3.79. The first-order valence-corrected chi connectivity index (χ1v) is 6.02. The van der Waals surface area contributed by atoms with Gasteiger partial charge in [-0.3, -0.25) is 4.79 Å². The van der Waals surface area contributed by atoms with E-state index in [-0.39, 0.29) is 5.91 Å². The second kappa shape index (κ2) is 5.51. The monoisotopic (exact) mass is 261 g/mol. The predicted octanol–water partition coefficient (Wildman–Crippen LogP) is 1.24. The molecule has 1 aromatic heterocycles. The fourth-order valence-corrected chi connectivity index (χ4v) is 1.68. The first-order chi connectivity index (χ1) is 9.11. The summed E-state index contributed by atoms with van der Waals surface area (Å²) in [5.74, 6) is -0.768. The fraction of sp³-hybridized carbons (Fsp3) is 0.308. The number of nitrogens with one attached hydrogen (secondary N) is 2. The predicted molar refractivity (Wildman–Crippen MR) is 69.7 cm³/mol. The average Bonchev–Trinajstić information content (AvgIpc) is 2.85. The highest BCUT2D eigenvalue weighted by atomic mass is 16.5. The largest absolute Gasteiger partial charge is 0.464 e. The third kappa shape index (κ3) is 2.90. The Morgan fingerprint density at radius 1 is 1.47 bits per heavy atom. The molecule has 0 spiro atoms. The van der Waals surface area contributed by atoms with E-state index in [9.17, 15) is 9.59 Å². The number of rotatable bonds is 4. The number of H-pyrrole nitrogens is 1. The van der Waals surface area contributed by atoms with Crippen LogP contribution < -0.4 is 5.32 Å². The van der Waals surface area contributed by atoms with Crippen LogP contribution in [-0.2, 0) is 9.53 Å². The van der Waals surface area contributed by atoms with Crippen molar-refractivity contribution < 1.29 is 14.3 Å². The van der Waals surface area contributed by atoms with E-state index in [1.807, 2.05) is 0 Å². The summed E-state index contributed by atoms with van der Waals surface area (Å²) in [5, 5.41) is 2.59. The van der Waals surface area contributed by atoms with Crippen molar-refractivity contribution in [3.63, 3.8) is 0 Å². The van der Waals surface area contributed by atoms with E-state index >= 15 is 0 Å². The Hall–Kier alpha value is -2.37. The van der Waals surface area contributed by atoms with Gasteiger partial charge in [0.1, 0.15) is 6.04 Å². The summed E-state index contributed by atoms with van der Waals surface area (Å²) in [4.78, 5) is 30.4. The summed E-state index contributed by atoms with van der Waals surface area (Å²) in [6.45, 7) is 3.60. The average molecular weight is 261 g/mol. The van der Waals surface area contributed by atoms with E-state index in [0.29, 0.717) is 12.2 Å². The van der Waals surface area contributed by atoms with Crippen LogP contribution in [0.25, 0.3) is 11.0 Å². The molecule has 0 saturated carbocycles. The SMILES string of the molecule is CCOC(=O)C(C)NC(=O)c1ccc2nc[nH]c2c1. The molecule has 19 heavy (non-hydrogen) atoms. The second-order valence-corrected chi connectivity index (χ2v) is 4.08. The lowest BCUT2D eigenvalue weighted by Crippen LogP contribution is -2.39. The van der Waals surface area contributed by atoms with Gasteiger partial charge in [-0.1, -0.05) is 0 Å². The second-order valence-electron chi connectivity index (χ2n) is 4.08. The van der Waals surface area contributed by atoms with E-state index in [1.165, 1.54) is 0 Å². The summed E-state index contributed by atoms with van der Waals surface area (Å²) in [7, 11) is 0. The molecule has 0 aliphatic rings. The molecule has 0 saturated heterocycles. The van der Waals surface area contributed by atoms with Gasteiger partial charge in [0.2, 0.25) is 0 Å². The molecule has 2 N–H and O–H groups in total. The number of imidazole rings is 1. The Bertz CT molecular complexity index is 606. The minimum Gasteiger partial charge on any atom is -0.464 e. The zero-order chi connectivity index (χ0) is 13.8. The molecule has 2 rings (SSSR count). The summed E-state index contributed by atoms with van der Waals surface area (Å²) >= 11 is 0. The lowest BCUT2D eigenvalue weighted by Gasteiger charge is -2.12. The van der Waals surface area contributed by atoms with Gasteiger partial charge in [-0.05, 0) is 32.0 Å². The number of carbonyl (C=O) groups is 2. The van der Waals surface area contributed by atoms with Gasteiger partial charge in [-0.25, -0.2) is 9.78 Å². The summed E-state index contributed by atoms with van der Waals surface area (Å²) < 4.78 is 4.83. The standard InChI is InChI=1S/C13H15N3O3/c1-3-19-13(18)8(2)16-12(17)9-4-5-10-11(6-9)15-7-14-10/h4-8H,3H2,1-2H3,(H,14,15)(H,16,17). The Balaban J connectivity index is 2.08. The number of fused-ring (bicyclic) bond motifs is 1. The van der Waals surface area contributed by atoms with E-state index in [0.717, 1.165) is 11.0 Å². The molecule has 2 aromatic rings. The van der Waals surface area contributed by atoms with Crippen LogP contribution >= 0.6 is 0 Å². The van der Waals surface area contributed by atoms with E-state index in [4.69, 9.17) is 4.74 Å². The van der Waals surface area contributed by atoms with Crippen LogP contribution in [0.5, 0.6) is 0 Å². The third-order valence-electron chi connectivity index (χ3n) is 2.67.